The fourth-order valence-corrected chi connectivity index (χ4v) is 6.03. The lowest BCUT2D eigenvalue weighted by Crippen LogP contribution is -2.45. The Balaban J connectivity index is 1.70. The lowest BCUT2D eigenvalue weighted by Gasteiger charge is -2.39. The van der Waals surface area contributed by atoms with Crippen molar-refractivity contribution in [2.24, 2.45) is 0 Å². The summed E-state index contributed by atoms with van der Waals surface area (Å²) in [6.45, 7) is 5.69. The van der Waals surface area contributed by atoms with Crippen LogP contribution < -0.4 is 9.61 Å². The molecule has 198 valence electrons. The van der Waals surface area contributed by atoms with Gasteiger partial charge < -0.3 is 18.6 Å². The zero-order chi connectivity index (χ0) is 27.6. The van der Waals surface area contributed by atoms with E-state index < -0.39 is 10.5 Å². The smallest absolute Gasteiger partial charge is 0.358 e. The highest BCUT2D eigenvalue weighted by Gasteiger charge is 2.29. The fourth-order valence-electron chi connectivity index (χ4n) is 5.69. The van der Waals surface area contributed by atoms with Crippen molar-refractivity contribution < 1.29 is 16.5 Å². The van der Waals surface area contributed by atoms with Crippen LogP contribution in [0.2, 0.25) is 0 Å². The molecule has 7 nitrogen and oxygen atoms in total. The predicted octanol–water partition coefficient (Wildman–Crippen LogP) is 5.49. The van der Waals surface area contributed by atoms with E-state index in [1.165, 1.54) is 12.1 Å². The van der Waals surface area contributed by atoms with Crippen molar-refractivity contribution in [1.29, 1.82) is 0 Å². The van der Waals surface area contributed by atoms with Crippen LogP contribution in [-0.2, 0) is 10.5 Å². The number of nitrogens with one attached hydrogen (secondary N) is 1. The van der Waals surface area contributed by atoms with Gasteiger partial charge in [0.2, 0.25) is 0 Å². The Kier molecular flexibility index (Phi) is 5.79. The second kappa shape index (κ2) is 8.97. The van der Waals surface area contributed by atoms with Crippen LogP contribution in [0, 0.1) is 12.3 Å². The van der Waals surface area contributed by atoms with Gasteiger partial charge in [-0.2, -0.15) is 8.42 Å². The Morgan fingerprint density at radius 3 is 2.54 bits per heavy atom. The van der Waals surface area contributed by atoms with E-state index in [1.54, 1.807) is 6.07 Å². The molecule has 39 heavy (non-hydrogen) atoms. The quantitative estimate of drug-likeness (QED) is 0.234. The maximum atomic E-state index is 14.1. The molecule has 6 rings (SSSR count). The first-order chi connectivity index (χ1) is 18.5. The molecule has 9 heteroatoms. The summed E-state index contributed by atoms with van der Waals surface area (Å²) in [5, 5.41) is 2.05. The van der Waals surface area contributed by atoms with Crippen LogP contribution in [0.4, 0.5) is 3.89 Å². The summed E-state index contributed by atoms with van der Waals surface area (Å²) in [4.78, 5) is 19.8. The number of hydrogen-bond donors (Lipinski definition) is 1. The molecule has 2 aromatic heterocycles. The molecule has 1 fully saturated rings. The van der Waals surface area contributed by atoms with Crippen LogP contribution in [0.5, 0.6) is 5.75 Å². The van der Waals surface area contributed by atoms with Crippen LogP contribution in [0.15, 0.2) is 59.4 Å². The SMILES string of the molecule is C#Cc1ccc2c(c1)[nH]c1c2c(=O)c2cc(C(C)C)c(-c3cccc(OS(=O)(=O)F)c3)cc2n1C1CN(C)C1. The first-order valence-electron chi connectivity index (χ1n) is 12.6. The molecule has 1 N–H and O–H groups in total. The van der Waals surface area contributed by atoms with Crippen molar-refractivity contribution in [3.05, 3.63) is 75.9 Å². The van der Waals surface area contributed by atoms with Gasteiger partial charge in [-0.1, -0.05) is 41.9 Å². The minimum absolute atomic E-state index is 0.0402. The van der Waals surface area contributed by atoms with Gasteiger partial charge in [0.15, 0.2) is 5.43 Å². The first kappa shape index (κ1) is 25.2. The van der Waals surface area contributed by atoms with E-state index in [-0.39, 0.29) is 23.1 Å². The molecule has 0 spiro atoms. The Hall–Kier alpha value is -4.13. The lowest BCUT2D eigenvalue weighted by atomic mass is 9.90. The Labute approximate surface area is 225 Å². The van der Waals surface area contributed by atoms with E-state index in [1.807, 2.05) is 50.2 Å². The van der Waals surface area contributed by atoms with E-state index in [2.05, 4.69) is 31.6 Å². The lowest BCUT2D eigenvalue weighted by molar-refractivity contribution is 0.146. The van der Waals surface area contributed by atoms with Gasteiger partial charge in [0, 0.05) is 34.9 Å². The normalized spacial score (nSPS) is 14.8. The molecule has 5 aromatic rings. The number of aromatic nitrogens is 2. The van der Waals surface area contributed by atoms with Crippen LogP contribution in [0.25, 0.3) is 44.0 Å². The topological polar surface area (TPSA) is 84.4 Å². The minimum atomic E-state index is -5.17. The molecule has 0 radical (unpaired) electrons. The molecule has 0 saturated carbocycles. The van der Waals surface area contributed by atoms with Gasteiger partial charge in [-0.3, -0.25) is 4.79 Å². The molecule has 0 bridgehead atoms. The highest BCUT2D eigenvalue weighted by molar-refractivity contribution is 7.81. The predicted molar refractivity (Wildman–Crippen MR) is 152 cm³/mol. The van der Waals surface area contributed by atoms with Crippen molar-refractivity contribution in [2.75, 3.05) is 20.1 Å². The molecule has 1 aliphatic rings. The number of aromatic amines is 1. The molecule has 1 aliphatic heterocycles. The van der Waals surface area contributed by atoms with Gasteiger partial charge in [-0.15, -0.1) is 6.42 Å². The number of H-pyrrole nitrogens is 1. The number of rotatable bonds is 5. The van der Waals surface area contributed by atoms with E-state index in [4.69, 9.17) is 6.42 Å². The summed E-state index contributed by atoms with van der Waals surface area (Å²) in [6.07, 6.45) is 5.63. The second-order valence-electron chi connectivity index (χ2n) is 10.4. The molecule has 0 atom stereocenters. The number of nitrogens with zero attached hydrogens (tertiary/aromatic N) is 2. The van der Waals surface area contributed by atoms with Crippen LogP contribution in [0.1, 0.15) is 36.9 Å². The van der Waals surface area contributed by atoms with Gasteiger partial charge in [0.25, 0.3) is 0 Å². The largest absolute Gasteiger partial charge is 0.488 e. The number of pyridine rings is 1. The zero-order valence-electron chi connectivity index (χ0n) is 21.7. The maximum Gasteiger partial charge on any atom is 0.488 e. The third kappa shape index (κ3) is 4.26. The summed E-state index contributed by atoms with van der Waals surface area (Å²) in [5.41, 5.74) is 5.33. The standard InChI is InChI=1S/C30H26FN3O4S/c1-5-18-9-10-22-26(11-18)32-30-28(22)29(35)25-13-23(17(2)3)24(14-27(25)34(30)20-15-33(4)16-20)19-7-6-8-21(12-19)38-39(31,36)37/h1,6-14,17,20,32H,15-16H2,2-4H3. The van der Waals surface area contributed by atoms with Gasteiger partial charge >= 0.3 is 10.5 Å². The number of halogens is 1. The van der Waals surface area contributed by atoms with Crippen LogP contribution >= 0.6 is 0 Å². The highest BCUT2D eigenvalue weighted by Crippen LogP contribution is 2.38. The minimum Gasteiger partial charge on any atom is -0.358 e. The van der Waals surface area contributed by atoms with Crippen molar-refractivity contribution in [2.45, 2.75) is 25.8 Å². The second-order valence-corrected chi connectivity index (χ2v) is 11.4. The maximum absolute atomic E-state index is 14.1. The van der Waals surface area contributed by atoms with Gasteiger partial charge in [-0.25, -0.2) is 0 Å². The summed E-state index contributed by atoms with van der Waals surface area (Å²) >= 11 is 0. The third-order valence-corrected chi connectivity index (χ3v) is 7.85. The van der Waals surface area contributed by atoms with E-state index in [0.29, 0.717) is 16.3 Å². The molecule has 0 amide bonds. The number of benzene rings is 3. The number of likely N-dealkylation sites (tertiary alicyclic amines) is 1. The molecule has 1 saturated heterocycles. The zero-order valence-corrected chi connectivity index (χ0v) is 22.5. The summed E-state index contributed by atoms with van der Waals surface area (Å²) in [7, 11) is -3.12. The molecule has 3 heterocycles. The van der Waals surface area contributed by atoms with Crippen molar-refractivity contribution in [1.82, 2.24) is 14.5 Å². The Morgan fingerprint density at radius 2 is 1.87 bits per heavy atom. The van der Waals surface area contributed by atoms with E-state index in [0.717, 1.165) is 51.8 Å². The monoisotopic (exact) mass is 543 g/mol. The Bertz CT molecular complexity index is 2010. The molecular weight excluding hydrogens is 517 g/mol. The van der Waals surface area contributed by atoms with Crippen LogP contribution in [0.3, 0.4) is 0 Å². The number of fused-ring (bicyclic) bond motifs is 4. The van der Waals surface area contributed by atoms with Gasteiger partial charge in [0.05, 0.1) is 16.9 Å². The molecule has 3 aromatic carbocycles. The summed E-state index contributed by atoms with van der Waals surface area (Å²) < 4.78 is 42.2. The number of hydrogen-bond acceptors (Lipinski definition) is 5. The highest BCUT2D eigenvalue weighted by atomic mass is 32.3. The van der Waals surface area contributed by atoms with Crippen molar-refractivity contribution >= 4 is 43.3 Å². The summed E-state index contributed by atoms with van der Waals surface area (Å²) in [6, 6.07) is 16.0. The first-order valence-corrected chi connectivity index (χ1v) is 13.9. The Morgan fingerprint density at radius 1 is 1.10 bits per heavy atom. The summed E-state index contributed by atoms with van der Waals surface area (Å²) in [5.74, 6) is 2.57. The van der Waals surface area contributed by atoms with Gasteiger partial charge in [-0.05, 0) is 66.1 Å². The molecular formula is C30H26FN3O4S. The van der Waals surface area contributed by atoms with Crippen molar-refractivity contribution in [3.8, 4) is 29.2 Å². The fraction of sp³-hybridized carbons (Fsp3) is 0.233. The van der Waals surface area contributed by atoms with E-state index >= 15 is 0 Å². The molecule has 0 aliphatic carbocycles. The van der Waals surface area contributed by atoms with Crippen molar-refractivity contribution in [3.63, 3.8) is 0 Å². The average Bonchev–Trinajstić information content (AvgIpc) is 3.24. The number of terminal acetylenes is 1. The average molecular weight is 544 g/mol. The van der Waals surface area contributed by atoms with Gasteiger partial charge in [0.1, 0.15) is 11.4 Å². The van der Waals surface area contributed by atoms with E-state index in [9.17, 15) is 17.1 Å². The number of likely N-dealkylation sites (N-methyl/N-ethyl adjacent to an activating group) is 1. The molecule has 0 unspecified atom stereocenters. The third-order valence-electron chi connectivity index (χ3n) is 7.46. The van der Waals surface area contributed by atoms with Crippen LogP contribution in [-0.4, -0.2) is 43.0 Å².